The molecule has 1 heterocycles. The van der Waals surface area contributed by atoms with E-state index in [2.05, 4.69) is 5.32 Å². The number of carbonyl (C=O) groups is 4. The second-order valence-electron chi connectivity index (χ2n) is 6.12. The lowest BCUT2D eigenvalue weighted by molar-refractivity contribution is -0.141. The number of hydrogen-bond donors (Lipinski definition) is 2. The summed E-state index contributed by atoms with van der Waals surface area (Å²) in [5.74, 6) is -2.00. The van der Waals surface area contributed by atoms with Crippen LogP contribution in [-0.2, 0) is 25.6 Å². The number of imide groups is 1. The van der Waals surface area contributed by atoms with E-state index in [1.807, 2.05) is 30.3 Å². The summed E-state index contributed by atoms with van der Waals surface area (Å²) in [7, 11) is 0. The van der Waals surface area contributed by atoms with Gasteiger partial charge in [-0.2, -0.15) is 0 Å². The van der Waals surface area contributed by atoms with E-state index in [0.717, 1.165) is 5.56 Å². The third-order valence-electron chi connectivity index (χ3n) is 4.10. The van der Waals surface area contributed by atoms with E-state index in [9.17, 15) is 24.3 Å². The number of amides is 3. The molecule has 0 fully saturated rings. The van der Waals surface area contributed by atoms with Gasteiger partial charge in [-0.15, -0.1) is 0 Å². The highest BCUT2D eigenvalue weighted by atomic mass is 16.4. The molecule has 0 radical (unpaired) electrons. The Morgan fingerprint density at radius 3 is 2.27 bits per heavy atom. The SMILES string of the molecule is O=C(CCCCCN1C(=O)C=CC1=O)N[C@@H](Cc1ccccc1)C(=O)O. The van der Waals surface area contributed by atoms with Gasteiger partial charge in [0.2, 0.25) is 5.91 Å². The molecule has 2 rings (SSSR count). The molecule has 26 heavy (non-hydrogen) atoms. The quantitative estimate of drug-likeness (QED) is 0.484. The molecular weight excluding hydrogens is 336 g/mol. The largest absolute Gasteiger partial charge is 0.480 e. The third-order valence-corrected chi connectivity index (χ3v) is 4.10. The molecule has 0 aliphatic carbocycles. The van der Waals surface area contributed by atoms with Crippen LogP contribution in [0.3, 0.4) is 0 Å². The molecule has 138 valence electrons. The molecular formula is C19H22N2O5. The van der Waals surface area contributed by atoms with Crippen LogP contribution in [0.15, 0.2) is 42.5 Å². The van der Waals surface area contributed by atoms with Crippen molar-refractivity contribution in [3.8, 4) is 0 Å². The summed E-state index contributed by atoms with van der Waals surface area (Å²) >= 11 is 0. The van der Waals surface area contributed by atoms with E-state index in [0.29, 0.717) is 25.8 Å². The first-order valence-electron chi connectivity index (χ1n) is 8.57. The fourth-order valence-electron chi connectivity index (χ4n) is 2.70. The summed E-state index contributed by atoms with van der Waals surface area (Å²) in [5, 5.41) is 11.8. The van der Waals surface area contributed by atoms with Crippen LogP contribution in [0, 0.1) is 0 Å². The molecule has 0 unspecified atom stereocenters. The Morgan fingerprint density at radius 2 is 1.65 bits per heavy atom. The van der Waals surface area contributed by atoms with Gasteiger partial charge in [-0.25, -0.2) is 4.79 Å². The number of carbonyl (C=O) groups excluding carboxylic acids is 3. The molecule has 7 nitrogen and oxygen atoms in total. The summed E-state index contributed by atoms with van der Waals surface area (Å²) in [5.41, 5.74) is 0.841. The number of carboxylic acids is 1. The van der Waals surface area contributed by atoms with Crippen molar-refractivity contribution in [2.24, 2.45) is 0 Å². The lowest BCUT2D eigenvalue weighted by Crippen LogP contribution is -2.42. The van der Waals surface area contributed by atoms with Crippen molar-refractivity contribution in [3.63, 3.8) is 0 Å². The second-order valence-corrected chi connectivity index (χ2v) is 6.12. The van der Waals surface area contributed by atoms with Crippen molar-refractivity contribution < 1.29 is 24.3 Å². The van der Waals surface area contributed by atoms with Crippen molar-refractivity contribution in [2.45, 2.75) is 38.1 Å². The minimum Gasteiger partial charge on any atom is -0.480 e. The van der Waals surface area contributed by atoms with Gasteiger partial charge in [0.15, 0.2) is 0 Å². The van der Waals surface area contributed by atoms with Gasteiger partial charge in [0.05, 0.1) is 0 Å². The molecule has 0 saturated heterocycles. The normalized spacial score (nSPS) is 14.5. The van der Waals surface area contributed by atoms with Gasteiger partial charge in [0, 0.05) is 31.5 Å². The van der Waals surface area contributed by atoms with Gasteiger partial charge in [0.1, 0.15) is 6.04 Å². The van der Waals surface area contributed by atoms with Crippen LogP contribution in [-0.4, -0.2) is 46.3 Å². The van der Waals surface area contributed by atoms with Crippen LogP contribution < -0.4 is 5.32 Å². The van der Waals surface area contributed by atoms with Crippen LogP contribution in [0.2, 0.25) is 0 Å². The lowest BCUT2D eigenvalue weighted by Gasteiger charge is -2.15. The zero-order chi connectivity index (χ0) is 18.9. The molecule has 1 aliphatic rings. The van der Waals surface area contributed by atoms with Gasteiger partial charge < -0.3 is 10.4 Å². The van der Waals surface area contributed by atoms with E-state index in [1.54, 1.807) is 0 Å². The average molecular weight is 358 g/mol. The van der Waals surface area contributed by atoms with Gasteiger partial charge >= 0.3 is 5.97 Å². The maximum Gasteiger partial charge on any atom is 0.326 e. The fourth-order valence-corrected chi connectivity index (χ4v) is 2.70. The Kier molecular flexibility index (Phi) is 7.08. The maximum atomic E-state index is 12.0. The Labute approximate surface area is 151 Å². The van der Waals surface area contributed by atoms with Crippen molar-refractivity contribution in [1.29, 1.82) is 0 Å². The molecule has 1 aliphatic heterocycles. The van der Waals surface area contributed by atoms with Crippen molar-refractivity contribution in [1.82, 2.24) is 10.2 Å². The predicted molar refractivity (Wildman–Crippen MR) is 94.0 cm³/mol. The molecule has 0 aromatic heterocycles. The third kappa shape index (κ3) is 5.84. The van der Waals surface area contributed by atoms with E-state index in [4.69, 9.17) is 0 Å². The highest BCUT2D eigenvalue weighted by Gasteiger charge is 2.22. The molecule has 7 heteroatoms. The van der Waals surface area contributed by atoms with Crippen LogP contribution >= 0.6 is 0 Å². The first kappa shape index (κ1) is 19.4. The van der Waals surface area contributed by atoms with Crippen molar-refractivity contribution >= 4 is 23.7 Å². The van der Waals surface area contributed by atoms with E-state index >= 15 is 0 Å². The predicted octanol–water partition coefficient (Wildman–Crippen LogP) is 1.28. The minimum atomic E-state index is -1.07. The highest BCUT2D eigenvalue weighted by Crippen LogP contribution is 2.08. The summed E-state index contributed by atoms with van der Waals surface area (Å²) in [4.78, 5) is 47.3. The van der Waals surface area contributed by atoms with E-state index in [1.165, 1.54) is 17.1 Å². The van der Waals surface area contributed by atoms with Gasteiger partial charge in [-0.05, 0) is 18.4 Å². The van der Waals surface area contributed by atoms with Crippen LogP contribution in [0.5, 0.6) is 0 Å². The number of rotatable bonds is 10. The number of nitrogens with zero attached hydrogens (tertiary/aromatic N) is 1. The zero-order valence-corrected chi connectivity index (χ0v) is 14.4. The molecule has 1 atom stereocenters. The second kappa shape index (κ2) is 9.50. The van der Waals surface area contributed by atoms with Crippen LogP contribution in [0.25, 0.3) is 0 Å². The van der Waals surface area contributed by atoms with Crippen LogP contribution in [0.1, 0.15) is 31.2 Å². The smallest absolute Gasteiger partial charge is 0.326 e. The molecule has 0 saturated carbocycles. The fraction of sp³-hybridized carbons (Fsp3) is 0.368. The highest BCUT2D eigenvalue weighted by molar-refractivity contribution is 6.12. The first-order chi connectivity index (χ1) is 12.5. The standard InChI is InChI=1S/C19H22N2O5/c22-16(9-5-2-6-12-21-17(23)10-11-18(21)24)20-15(19(25)26)13-14-7-3-1-4-8-14/h1,3-4,7-8,10-11,15H,2,5-6,9,12-13H2,(H,20,22)(H,25,26)/t15-/m0/s1. The number of aliphatic carboxylic acids is 1. The Hall–Kier alpha value is -2.96. The maximum absolute atomic E-state index is 12.0. The zero-order valence-electron chi connectivity index (χ0n) is 14.4. The average Bonchev–Trinajstić information content (AvgIpc) is 2.93. The number of unbranched alkanes of at least 4 members (excludes halogenated alkanes) is 2. The minimum absolute atomic E-state index is 0.207. The molecule has 2 N–H and O–H groups in total. The molecule has 0 bridgehead atoms. The van der Waals surface area contributed by atoms with E-state index in [-0.39, 0.29) is 30.6 Å². The van der Waals surface area contributed by atoms with Crippen molar-refractivity contribution in [2.75, 3.05) is 6.54 Å². The van der Waals surface area contributed by atoms with Crippen molar-refractivity contribution in [3.05, 3.63) is 48.0 Å². The number of benzene rings is 1. The summed E-state index contributed by atoms with van der Waals surface area (Å²) in [6.07, 6.45) is 4.77. The summed E-state index contributed by atoms with van der Waals surface area (Å²) < 4.78 is 0. The van der Waals surface area contributed by atoms with E-state index < -0.39 is 12.0 Å². The molecule has 3 amide bonds. The Bertz CT molecular complexity index is 681. The van der Waals surface area contributed by atoms with Gasteiger partial charge in [-0.1, -0.05) is 36.8 Å². The first-order valence-corrected chi connectivity index (χ1v) is 8.57. The summed E-state index contributed by atoms with van der Waals surface area (Å²) in [6, 6.07) is 8.16. The lowest BCUT2D eigenvalue weighted by atomic mass is 10.1. The Morgan fingerprint density at radius 1 is 1.00 bits per heavy atom. The molecule has 1 aromatic rings. The Balaban J connectivity index is 1.67. The topological polar surface area (TPSA) is 104 Å². The van der Waals surface area contributed by atoms with Gasteiger partial charge in [0.25, 0.3) is 11.8 Å². The number of hydrogen-bond acceptors (Lipinski definition) is 4. The monoisotopic (exact) mass is 358 g/mol. The molecule has 0 spiro atoms. The molecule has 1 aromatic carbocycles. The summed E-state index contributed by atoms with van der Waals surface area (Å²) in [6.45, 7) is 0.331. The number of nitrogens with one attached hydrogen (secondary N) is 1. The van der Waals surface area contributed by atoms with Gasteiger partial charge in [-0.3, -0.25) is 19.3 Å². The number of carboxylic acid groups (broad SMARTS) is 1. The van der Waals surface area contributed by atoms with Crippen LogP contribution in [0.4, 0.5) is 0 Å².